The van der Waals surface area contributed by atoms with E-state index in [4.69, 9.17) is 34.8 Å². The molecule has 0 saturated carbocycles. The highest BCUT2D eigenvalue weighted by Gasteiger charge is 2.10. The summed E-state index contributed by atoms with van der Waals surface area (Å²) in [5.41, 5.74) is 1.89. The molecule has 0 radical (unpaired) electrons. The number of benzene rings is 2. The average Bonchev–Trinajstić information content (AvgIpc) is 2.94. The Kier molecular flexibility index (Phi) is 4.93. The Balaban J connectivity index is 1.73. The number of hydrogen-bond acceptors (Lipinski definition) is 3. The molecule has 0 saturated heterocycles. The van der Waals surface area contributed by atoms with Gasteiger partial charge in [-0.3, -0.25) is 5.10 Å². The fourth-order valence-corrected chi connectivity index (χ4v) is 3.34. The molecule has 0 fully saturated rings. The SMILES string of the molecule is Clc1cccc(CSc2n[nH]c(-c3ccc(Cl)cc3Cl)n2)c1. The van der Waals surface area contributed by atoms with E-state index in [9.17, 15) is 0 Å². The molecule has 3 aromatic rings. The van der Waals surface area contributed by atoms with E-state index in [0.717, 1.165) is 21.9 Å². The minimum absolute atomic E-state index is 0.537. The molecule has 112 valence electrons. The third-order valence-electron chi connectivity index (χ3n) is 2.91. The molecule has 0 bridgehead atoms. The molecule has 0 atom stereocenters. The fraction of sp³-hybridized carbons (Fsp3) is 0.0667. The second kappa shape index (κ2) is 6.92. The summed E-state index contributed by atoms with van der Waals surface area (Å²) in [6.07, 6.45) is 0. The topological polar surface area (TPSA) is 41.6 Å². The number of nitrogens with zero attached hydrogens (tertiary/aromatic N) is 2. The van der Waals surface area contributed by atoms with E-state index in [-0.39, 0.29) is 0 Å². The van der Waals surface area contributed by atoms with E-state index in [1.165, 1.54) is 11.8 Å². The summed E-state index contributed by atoms with van der Waals surface area (Å²) in [5.74, 6) is 1.36. The van der Waals surface area contributed by atoms with Crippen molar-refractivity contribution >= 4 is 46.6 Å². The van der Waals surface area contributed by atoms with E-state index in [2.05, 4.69) is 15.2 Å². The van der Waals surface area contributed by atoms with Crippen LogP contribution in [0.5, 0.6) is 0 Å². The molecule has 0 aliphatic heterocycles. The summed E-state index contributed by atoms with van der Waals surface area (Å²) < 4.78 is 0. The first-order valence-electron chi connectivity index (χ1n) is 6.37. The fourth-order valence-electron chi connectivity index (χ4n) is 1.89. The van der Waals surface area contributed by atoms with Gasteiger partial charge in [-0.25, -0.2) is 4.98 Å². The zero-order valence-electron chi connectivity index (χ0n) is 11.2. The van der Waals surface area contributed by atoms with Crippen LogP contribution in [0.2, 0.25) is 15.1 Å². The zero-order valence-corrected chi connectivity index (χ0v) is 14.3. The van der Waals surface area contributed by atoms with E-state index in [1.54, 1.807) is 12.1 Å². The molecule has 0 spiro atoms. The number of rotatable bonds is 4. The average molecular weight is 371 g/mol. The van der Waals surface area contributed by atoms with Crippen LogP contribution in [-0.2, 0) is 5.75 Å². The molecule has 1 heterocycles. The maximum absolute atomic E-state index is 6.17. The summed E-state index contributed by atoms with van der Waals surface area (Å²) in [7, 11) is 0. The lowest BCUT2D eigenvalue weighted by atomic mass is 10.2. The highest BCUT2D eigenvalue weighted by molar-refractivity contribution is 7.98. The van der Waals surface area contributed by atoms with E-state index in [0.29, 0.717) is 21.0 Å². The first-order valence-corrected chi connectivity index (χ1v) is 8.49. The lowest BCUT2D eigenvalue weighted by molar-refractivity contribution is 0.973. The first kappa shape index (κ1) is 15.7. The van der Waals surface area contributed by atoms with Crippen molar-refractivity contribution in [2.75, 3.05) is 0 Å². The smallest absolute Gasteiger partial charge is 0.209 e. The van der Waals surface area contributed by atoms with Gasteiger partial charge < -0.3 is 0 Å². The molecule has 3 rings (SSSR count). The Bertz CT molecular complexity index is 804. The van der Waals surface area contributed by atoms with Gasteiger partial charge in [0, 0.05) is 21.4 Å². The van der Waals surface area contributed by atoms with Gasteiger partial charge in [0.05, 0.1) is 5.02 Å². The number of hydrogen-bond donors (Lipinski definition) is 1. The number of aromatic nitrogens is 3. The first-order chi connectivity index (χ1) is 10.6. The highest BCUT2D eigenvalue weighted by atomic mass is 35.5. The number of aromatic amines is 1. The molecular formula is C15H10Cl3N3S. The number of H-pyrrole nitrogens is 1. The Morgan fingerprint density at radius 3 is 2.59 bits per heavy atom. The number of halogens is 3. The van der Waals surface area contributed by atoms with Crippen molar-refractivity contribution < 1.29 is 0 Å². The van der Waals surface area contributed by atoms with Gasteiger partial charge in [-0.2, -0.15) is 0 Å². The van der Waals surface area contributed by atoms with Gasteiger partial charge >= 0.3 is 0 Å². The van der Waals surface area contributed by atoms with Crippen LogP contribution in [0.25, 0.3) is 11.4 Å². The van der Waals surface area contributed by atoms with Crippen molar-refractivity contribution in [3.05, 3.63) is 63.1 Å². The maximum Gasteiger partial charge on any atom is 0.209 e. The summed E-state index contributed by atoms with van der Waals surface area (Å²) in [6.45, 7) is 0. The molecule has 7 heteroatoms. The molecule has 0 amide bonds. The minimum Gasteiger partial charge on any atom is -0.258 e. The van der Waals surface area contributed by atoms with Crippen molar-refractivity contribution in [1.29, 1.82) is 0 Å². The quantitative estimate of drug-likeness (QED) is 0.597. The molecule has 1 N–H and O–H groups in total. The van der Waals surface area contributed by atoms with Crippen LogP contribution in [0.15, 0.2) is 47.6 Å². The van der Waals surface area contributed by atoms with Crippen LogP contribution >= 0.6 is 46.6 Å². The van der Waals surface area contributed by atoms with Gasteiger partial charge in [-0.05, 0) is 35.9 Å². The molecule has 22 heavy (non-hydrogen) atoms. The number of thioether (sulfide) groups is 1. The molecule has 2 aromatic carbocycles. The van der Waals surface area contributed by atoms with Crippen LogP contribution in [0.1, 0.15) is 5.56 Å². The normalized spacial score (nSPS) is 10.9. The maximum atomic E-state index is 6.17. The predicted molar refractivity (Wildman–Crippen MR) is 92.9 cm³/mol. The second-order valence-corrected chi connectivity index (χ2v) is 6.73. The van der Waals surface area contributed by atoms with E-state index in [1.807, 2.05) is 30.3 Å². The summed E-state index contributed by atoms with van der Waals surface area (Å²) in [4.78, 5) is 4.44. The van der Waals surface area contributed by atoms with Crippen molar-refractivity contribution in [2.24, 2.45) is 0 Å². The van der Waals surface area contributed by atoms with Crippen LogP contribution in [0.4, 0.5) is 0 Å². The largest absolute Gasteiger partial charge is 0.258 e. The Morgan fingerprint density at radius 2 is 1.82 bits per heavy atom. The predicted octanol–water partition coefficient (Wildman–Crippen LogP) is 5.72. The summed E-state index contributed by atoms with van der Waals surface area (Å²) >= 11 is 19.6. The molecule has 0 aliphatic rings. The van der Waals surface area contributed by atoms with Crippen LogP contribution in [0, 0.1) is 0 Å². The third-order valence-corrected chi connectivity index (χ3v) is 4.61. The van der Waals surface area contributed by atoms with Gasteiger partial charge in [-0.1, -0.05) is 58.7 Å². The van der Waals surface area contributed by atoms with Gasteiger partial charge in [-0.15, -0.1) is 5.10 Å². The zero-order chi connectivity index (χ0) is 15.5. The van der Waals surface area contributed by atoms with E-state index < -0.39 is 0 Å². The lowest BCUT2D eigenvalue weighted by Crippen LogP contribution is -1.83. The third kappa shape index (κ3) is 3.76. The highest BCUT2D eigenvalue weighted by Crippen LogP contribution is 2.29. The van der Waals surface area contributed by atoms with Gasteiger partial charge in [0.1, 0.15) is 0 Å². The van der Waals surface area contributed by atoms with Gasteiger partial charge in [0.15, 0.2) is 5.82 Å². The van der Waals surface area contributed by atoms with Crippen molar-refractivity contribution in [1.82, 2.24) is 15.2 Å². The van der Waals surface area contributed by atoms with Crippen LogP contribution in [-0.4, -0.2) is 15.2 Å². The number of nitrogens with one attached hydrogen (secondary N) is 1. The van der Waals surface area contributed by atoms with Crippen molar-refractivity contribution in [2.45, 2.75) is 10.9 Å². The summed E-state index contributed by atoms with van der Waals surface area (Å²) in [6, 6.07) is 13.0. The van der Waals surface area contributed by atoms with E-state index >= 15 is 0 Å². The Morgan fingerprint density at radius 1 is 1.00 bits per heavy atom. The van der Waals surface area contributed by atoms with Crippen molar-refractivity contribution in [3.63, 3.8) is 0 Å². The van der Waals surface area contributed by atoms with Crippen LogP contribution < -0.4 is 0 Å². The lowest BCUT2D eigenvalue weighted by Gasteiger charge is -2.00. The summed E-state index contributed by atoms with van der Waals surface area (Å²) in [5, 5.41) is 9.59. The molecule has 1 aromatic heterocycles. The van der Waals surface area contributed by atoms with Crippen molar-refractivity contribution in [3.8, 4) is 11.4 Å². The Hall–Kier alpha value is -1.20. The van der Waals surface area contributed by atoms with Crippen LogP contribution in [0.3, 0.4) is 0 Å². The van der Waals surface area contributed by atoms with Gasteiger partial charge in [0.2, 0.25) is 5.16 Å². The molecular weight excluding hydrogens is 361 g/mol. The monoisotopic (exact) mass is 369 g/mol. The molecule has 0 unspecified atom stereocenters. The minimum atomic E-state index is 0.537. The standard InChI is InChI=1S/C15H10Cl3N3S/c16-10-3-1-2-9(6-10)8-22-15-19-14(20-21-15)12-5-4-11(17)7-13(12)18/h1-7H,8H2,(H,19,20,21). The Labute approximate surface area is 147 Å². The molecule has 3 nitrogen and oxygen atoms in total. The second-order valence-electron chi connectivity index (χ2n) is 4.51. The van der Waals surface area contributed by atoms with Gasteiger partial charge in [0.25, 0.3) is 0 Å². The molecule has 0 aliphatic carbocycles.